The molecule has 2 aromatic carbocycles. The lowest BCUT2D eigenvalue weighted by Crippen LogP contribution is -2.29. The standard InChI is InChI=1S/C17H17ClN2O3/c18-13-8-15-16(23-7-6-22-15)9-14(13)19-11-17(21)20-10-12-4-2-1-3-5-12/h1-5,8-9,19H,6-7,10-11H2,(H,20,21). The fourth-order valence-electron chi connectivity index (χ4n) is 2.23. The molecule has 0 aliphatic carbocycles. The molecule has 0 unspecified atom stereocenters. The Kier molecular flexibility index (Phi) is 4.88. The average Bonchev–Trinajstić information content (AvgIpc) is 2.59. The predicted molar refractivity (Wildman–Crippen MR) is 89.2 cm³/mol. The van der Waals surface area contributed by atoms with Crippen molar-refractivity contribution in [3.05, 3.63) is 53.1 Å². The lowest BCUT2D eigenvalue weighted by Gasteiger charge is -2.20. The summed E-state index contributed by atoms with van der Waals surface area (Å²) in [6, 6.07) is 13.2. The van der Waals surface area contributed by atoms with E-state index >= 15 is 0 Å². The second kappa shape index (κ2) is 7.24. The highest BCUT2D eigenvalue weighted by Gasteiger charge is 2.15. The largest absolute Gasteiger partial charge is 0.486 e. The van der Waals surface area contributed by atoms with Crippen molar-refractivity contribution in [3.8, 4) is 11.5 Å². The van der Waals surface area contributed by atoms with E-state index in [9.17, 15) is 4.79 Å². The third-order valence-electron chi connectivity index (χ3n) is 3.40. The first-order valence-corrected chi connectivity index (χ1v) is 7.74. The minimum absolute atomic E-state index is 0.111. The van der Waals surface area contributed by atoms with Crippen molar-refractivity contribution < 1.29 is 14.3 Å². The Balaban J connectivity index is 1.54. The van der Waals surface area contributed by atoms with Crippen LogP contribution in [0, 0.1) is 0 Å². The topological polar surface area (TPSA) is 59.6 Å². The number of carbonyl (C=O) groups is 1. The fourth-order valence-corrected chi connectivity index (χ4v) is 2.45. The van der Waals surface area contributed by atoms with Crippen LogP contribution in [0.25, 0.3) is 0 Å². The van der Waals surface area contributed by atoms with Crippen molar-refractivity contribution in [1.82, 2.24) is 5.32 Å². The molecule has 0 aromatic heterocycles. The number of halogens is 1. The molecule has 5 nitrogen and oxygen atoms in total. The van der Waals surface area contributed by atoms with Crippen LogP contribution in [0.5, 0.6) is 11.5 Å². The van der Waals surface area contributed by atoms with E-state index in [0.717, 1.165) is 5.56 Å². The molecule has 1 heterocycles. The lowest BCUT2D eigenvalue weighted by atomic mass is 10.2. The monoisotopic (exact) mass is 332 g/mol. The molecule has 2 aromatic rings. The molecule has 0 radical (unpaired) electrons. The molecule has 2 N–H and O–H groups in total. The first kappa shape index (κ1) is 15.5. The van der Waals surface area contributed by atoms with Gasteiger partial charge in [0.1, 0.15) is 13.2 Å². The number of nitrogens with one attached hydrogen (secondary N) is 2. The smallest absolute Gasteiger partial charge is 0.239 e. The molecule has 0 bridgehead atoms. The van der Waals surface area contributed by atoms with Crippen LogP contribution in [-0.4, -0.2) is 25.7 Å². The van der Waals surface area contributed by atoms with Crippen LogP contribution in [-0.2, 0) is 11.3 Å². The van der Waals surface area contributed by atoms with Crippen LogP contribution in [0.2, 0.25) is 5.02 Å². The summed E-state index contributed by atoms with van der Waals surface area (Å²) in [5.74, 6) is 1.15. The highest BCUT2D eigenvalue weighted by Crippen LogP contribution is 2.37. The van der Waals surface area contributed by atoms with Crippen LogP contribution >= 0.6 is 11.6 Å². The first-order chi connectivity index (χ1) is 11.2. The summed E-state index contributed by atoms with van der Waals surface area (Å²) in [6.07, 6.45) is 0. The number of benzene rings is 2. The van der Waals surface area contributed by atoms with Gasteiger partial charge in [-0.2, -0.15) is 0 Å². The van der Waals surface area contributed by atoms with E-state index < -0.39 is 0 Å². The van der Waals surface area contributed by atoms with E-state index in [0.29, 0.717) is 42.0 Å². The van der Waals surface area contributed by atoms with Crippen LogP contribution < -0.4 is 20.1 Å². The van der Waals surface area contributed by atoms with Crippen molar-refractivity contribution >= 4 is 23.2 Å². The fraction of sp³-hybridized carbons (Fsp3) is 0.235. The quantitative estimate of drug-likeness (QED) is 0.884. The number of hydrogen-bond donors (Lipinski definition) is 2. The Morgan fingerprint density at radius 3 is 2.52 bits per heavy atom. The Bertz CT molecular complexity index is 692. The van der Waals surface area contributed by atoms with E-state index in [1.807, 2.05) is 30.3 Å². The molecular weight excluding hydrogens is 316 g/mol. The lowest BCUT2D eigenvalue weighted by molar-refractivity contribution is -0.119. The van der Waals surface area contributed by atoms with Crippen molar-refractivity contribution in [3.63, 3.8) is 0 Å². The summed E-state index contributed by atoms with van der Waals surface area (Å²) in [6.45, 7) is 1.64. The Morgan fingerprint density at radius 1 is 1.09 bits per heavy atom. The van der Waals surface area contributed by atoms with Crippen LogP contribution in [0.3, 0.4) is 0 Å². The molecular formula is C17H17ClN2O3. The van der Waals surface area contributed by atoms with Gasteiger partial charge in [0.2, 0.25) is 5.91 Å². The van der Waals surface area contributed by atoms with E-state index in [1.54, 1.807) is 12.1 Å². The number of hydrogen-bond acceptors (Lipinski definition) is 4. The zero-order valence-electron chi connectivity index (χ0n) is 12.5. The minimum Gasteiger partial charge on any atom is -0.486 e. The van der Waals surface area contributed by atoms with E-state index in [4.69, 9.17) is 21.1 Å². The molecule has 120 valence electrons. The van der Waals surface area contributed by atoms with Gasteiger partial charge in [-0.15, -0.1) is 0 Å². The van der Waals surface area contributed by atoms with Gasteiger partial charge in [0.05, 0.1) is 17.3 Å². The minimum atomic E-state index is -0.111. The van der Waals surface area contributed by atoms with Gasteiger partial charge in [0.15, 0.2) is 11.5 Å². The van der Waals surface area contributed by atoms with E-state index in [1.165, 1.54) is 0 Å². The van der Waals surface area contributed by atoms with Gasteiger partial charge in [-0.05, 0) is 5.56 Å². The van der Waals surface area contributed by atoms with Crippen LogP contribution in [0.4, 0.5) is 5.69 Å². The van der Waals surface area contributed by atoms with Crippen molar-refractivity contribution in [2.75, 3.05) is 25.1 Å². The molecule has 0 atom stereocenters. The number of carbonyl (C=O) groups excluding carboxylic acids is 1. The van der Waals surface area contributed by atoms with Crippen molar-refractivity contribution in [2.45, 2.75) is 6.54 Å². The highest BCUT2D eigenvalue weighted by atomic mass is 35.5. The normalized spacial score (nSPS) is 12.6. The number of ether oxygens (including phenoxy) is 2. The van der Waals surface area contributed by atoms with Gasteiger partial charge < -0.3 is 20.1 Å². The Hall–Kier alpha value is -2.40. The third kappa shape index (κ3) is 4.07. The third-order valence-corrected chi connectivity index (χ3v) is 3.72. The molecule has 1 aliphatic heterocycles. The van der Waals surface area contributed by atoms with Gasteiger partial charge in [0.25, 0.3) is 0 Å². The maximum absolute atomic E-state index is 11.9. The molecule has 0 spiro atoms. The van der Waals surface area contributed by atoms with Gasteiger partial charge >= 0.3 is 0 Å². The summed E-state index contributed by atoms with van der Waals surface area (Å²) in [7, 11) is 0. The molecule has 3 rings (SSSR count). The molecule has 1 amide bonds. The number of rotatable bonds is 5. The molecule has 0 saturated carbocycles. The van der Waals surface area contributed by atoms with Crippen LogP contribution in [0.1, 0.15) is 5.56 Å². The maximum Gasteiger partial charge on any atom is 0.239 e. The molecule has 0 fully saturated rings. The van der Waals surface area contributed by atoms with Gasteiger partial charge in [-0.1, -0.05) is 41.9 Å². The zero-order valence-corrected chi connectivity index (χ0v) is 13.2. The van der Waals surface area contributed by atoms with Crippen molar-refractivity contribution in [1.29, 1.82) is 0 Å². The summed E-state index contributed by atoms with van der Waals surface area (Å²) in [5.41, 5.74) is 1.70. The van der Waals surface area contributed by atoms with Gasteiger partial charge in [-0.25, -0.2) is 0 Å². The molecule has 0 saturated heterocycles. The second-order valence-corrected chi connectivity index (χ2v) is 5.50. The predicted octanol–water partition coefficient (Wildman–Crippen LogP) is 2.84. The second-order valence-electron chi connectivity index (χ2n) is 5.09. The Labute approximate surface area is 139 Å². The van der Waals surface area contributed by atoms with E-state index in [-0.39, 0.29) is 12.5 Å². The molecule has 1 aliphatic rings. The first-order valence-electron chi connectivity index (χ1n) is 7.36. The van der Waals surface area contributed by atoms with E-state index in [2.05, 4.69) is 10.6 Å². The SMILES string of the molecule is O=C(CNc1cc2c(cc1Cl)OCCO2)NCc1ccccc1. The molecule has 23 heavy (non-hydrogen) atoms. The Morgan fingerprint density at radius 2 is 1.78 bits per heavy atom. The maximum atomic E-state index is 11.9. The van der Waals surface area contributed by atoms with Gasteiger partial charge in [0, 0.05) is 18.7 Å². The molecule has 6 heteroatoms. The number of amides is 1. The highest BCUT2D eigenvalue weighted by molar-refractivity contribution is 6.33. The summed E-state index contributed by atoms with van der Waals surface area (Å²) in [4.78, 5) is 11.9. The summed E-state index contributed by atoms with van der Waals surface area (Å²) >= 11 is 6.19. The number of fused-ring (bicyclic) bond motifs is 1. The average molecular weight is 333 g/mol. The summed E-state index contributed by atoms with van der Waals surface area (Å²) in [5, 5.41) is 6.36. The van der Waals surface area contributed by atoms with Crippen LogP contribution in [0.15, 0.2) is 42.5 Å². The number of anilines is 1. The zero-order chi connectivity index (χ0) is 16.1. The van der Waals surface area contributed by atoms with Gasteiger partial charge in [-0.3, -0.25) is 4.79 Å². The summed E-state index contributed by atoms with van der Waals surface area (Å²) < 4.78 is 11.0. The van der Waals surface area contributed by atoms with Crippen molar-refractivity contribution in [2.24, 2.45) is 0 Å².